The Hall–Kier alpha value is -5.13. The number of β-amino-alcohol motifs (C(OH)–C–C–N with tert-alkyl or cyclic N) is 1. The van der Waals surface area contributed by atoms with E-state index in [9.17, 15) is 24.3 Å². The quantitative estimate of drug-likeness (QED) is 0.0957. The number of hydrogen-bond acceptors (Lipinski definition) is 12. The van der Waals surface area contributed by atoms with Crippen molar-refractivity contribution < 1.29 is 33.8 Å². The van der Waals surface area contributed by atoms with Gasteiger partial charge >= 0.3 is 0 Å². The lowest BCUT2D eigenvalue weighted by molar-refractivity contribution is -0.164. The first-order valence-electron chi connectivity index (χ1n) is 24.4. The number of piperazine rings is 1. The zero-order valence-electron chi connectivity index (χ0n) is 42.0. The normalized spacial score (nSPS) is 24.6. The van der Waals surface area contributed by atoms with Crippen molar-refractivity contribution in [3.05, 3.63) is 93.7 Å². The van der Waals surface area contributed by atoms with Crippen molar-refractivity contribution in [2.75, 3.05) is 37.9 Å². The predicted octanol–water partition coefficient (Wildman–Crippen LogP) is 7.08. The largest absolute Gasteiger partial charge is 0.489 e. The summed E-state index contributed by atoms with van der Waals surface area (Å²) in [6.45, 7) is 21.3. The highest BCUT2D eigenvalue weighted by Gasteiger charge is 2.64. The van der Waals surface area contributed by atoms with Gasteiger partial charge in [0.05, 0.1) is 33.8 Å². The number of likely N-dealkylation sites (tertiary alicyclic amines) is 1. The van der Waals surface area contributed by atoms with E-state index in [1.807, 2.05) is 102 Å². The number of amides is 4. The lowest BCUT2D eigenvalue weighted by Gasteiger charge is -2.63. The average molecular weight is 998 g/mol. The monoisotopic (exact) mass is 996 g/mol. The first kappa shape index (κ1) is 51.2. The Morgan fingerprint density at radius 2 is 1.61 bits per heavy atom. The van der Waals surface area contributed by atoms with Gasteiger partial charge in [0.2, 0.25) is 17.7 Å². The molecular weight excluding hydrogens is 928 g/mol. The summed E-state index contributed by atoms with van der Waals surface area (Å²) in [6.07, 6.45) is 2.66. The third-order valence-electron chi connectivity index (χ3n) is 15.0. The number of hydrogen-bond donors (Lipinski definition) is 4. The molecule has 70 heavy (non-hydrogen) atoms. The Bertz CT molecular complexity index is 2530. The lowest BCUT2D eigenvalue weighted by Crippen LogP contribution is -2.74. The van der Waals surface area contributed by atoms with Crippen molar-refractivity contribution in [3.8, 4) is 16.2 Å². The summed E-state index contributed by atoms with van der Waals surface area (Å²) in [7, 11) is 0. The second-order valence-corrected chi connectivity index (χ2v) is 23.3. The van der Waals surface area contributed by atoms with Crippen molar-refractivity contribution in [1.29, 1.82) is 0 Å². The number of aliphatic hydroxyl groups excluding tert-OH is 1. The van der Waals surface area contributed by atoms with Crippen molar-refractivity contribution >= 4 is 52.4 Å². The van der Waals surface area contributed by atoms with Crippen LogP contribution in [0.25, 0.3) is 10.4 Å². The summed E-state index contributed by atoms with van der Waals surface area (Å²) >= 11 is 7.95. The third kappa shape index (κ3) is 10.6. The van der Waals surface area contributed by atoms with Crippen LogP contribution in [-0.2, 0) is 19.1 Å². The molecule has 17 heteroatoms. The third-order valence-corrected chi connectivity index (χ3v) is 16.4. The summed E-state index contributed by atoms with van der Waals surface area (Å²) in [6, 6.07) is 15.4. The molecule has 3 unspecified atom stereocenters. The fourth-order valence-electron chi connectivity index (χ4n) is 11.4. The molecule has 4 amide bonds. The van der Waals surface area contributed by atoms with Crippen LogP contribution in [0.5, 0.6) is 5.75 Å². The maximum absolute atomic E-state index is 14.2. The number of rotatable bonds is 15. The molecule has 15 nitrogen and oxygen atoms in total. The highest BCUT2D eigenvalue weighted by Crippen LogP contribution is 2.55. The van der Waals surface area contributed by atoms with Crippen LogP contribution < -0.4 is 25.6 Å². The van der Waals surface area contributed by atoms with Gasteiger partial charge in [-0.05, 0) is 80.0 Å². The van der Waals surface area contributed by atoms with Crippen LogP contribution >= 0.6 is 22.9 Å². The van der Waals surface area contributed by atoms with Crippen LogP contribution in [0.2, 0.25) is 5.02 Å². The fraction of sp³-hybridized carbons (Fsp3) is 0.547. The van der Waals surface area contributed by atoms with E-state index in [4.69, 9.17) is 26.1 Å². The molecule has 376 valence electrons. The number of halogens is 1. The number of fused-ring (bicyclic) bond motifs is 2. The second-order valence-electron chi connectivity index (χ2n) is 22.0. The summed E-state index contributed by atoms with van der Waals surface area (Å²) in [4.78, 5) is 71.2. The molecule has 3 saturated heterocycles. The number of benzene rings is 2. The molecule has 0 radical (unpaired) electrons. The lowest BCUT2D eigenvalue weighted by atomic mass is 9.49. The Morgan fingerprint density at radius 1 is 0.929 bits per heavy atom. The van der Waals surface area contributed by atoms with Crippen molar-refractivity contribution in [2.45, 2.75) is 137 Å². The maximum atomic E-state index is 14.2. The molecule has 5 heterocycles. The summed E-state index contributed by atoms with van der Waals surface area (Å²) < 4.78 is 12.5. The van der Waals surface area contributed by atoms with E-state index >= 15 is 0 Å². The number of nitrogens with zero attached hydrogens (tertiary/aromatic N) is 5. The SMILES string of the molecule is Cc1ccc(O[C@H]2C(C)(C)[C@H](NC(=O)c3ccc(N4CC5CCC(C4)N5COCC(=O)N[C@H](C(=O)N4C[C@H](O)CC4C(=O)N[C@@H](C)c4ccc(-c5scnc5C)cc4)C(C)(C)C)nc3)C2(C)C)cc1Cl. The van der Waals surface area contributed by atoms with Crippen LogP contribution in [0, 0.1) is 30.1 Å². The molecule has 8 rings (SSSR count). The molecule has 1 aliphatic carbocycles. The molecule has 0 spiro atoms. The van der Waals surface area contributed by atoms with Crippen LogP contribution in [0.3, 0.4) is 0 Å². The van der Waals surface area contributed by atoms with E-state index in [0.29, 0.717) is 16.3 Å². The molecule has 2 bridgehead atoms. The van der Waals surface area contributed by atoms with Crippen LogP contribution in [0.4, 0.5) is 5.82 Å². The number of anilines is 1. The number of aromatic nitrogens is 2. The van der Waals surface area contributed by atoms with Gasteiger partial charge in [-0.1, -0.05) is 90.4 Å². The first-order valence-corrected chi connectivity index (χ1v) is 25.7. The number of thiazole rings is 1. The topological polar surface area (TPSA) is 179 Å². The predicted molar refractivity (Wildman–Crippen MR) is 272 cm³/mol. The Balaban J connectivity index is 0.805. The molecule has 2 aromatic carbocycles. The standard InChI is InChI=1S/C53H69ClN8O7S/c1-30-11-19-39(22-40(30)54)69-50-52(7,8)49(53(50,9)10)59-46(65)35-16-20-42(55-23-35)60-24-36-17-18-37(25-60)62(36)29-68-27-43(64)58-45(51(4,5)6)48(67)61-26-38(63)21-41(61)47(66)57-31(2)33-12-14-34(15-13-33)44-32(3)56-28-70-44/h11-16,19-20,22-23,28,31,36-38,41,45,49-50,63H,17-18,21,24-27,29H2,1-10H3,(H,57,66)(H,58,64)(H,59,65)/t31-,36?,37?,38+,41?,45+,49-,50-/m0/s1. The fourth-order valence-corrected chi connectivity index (χ4v) is 12.3. The van der Waals surface area contributed by atoms with E-state index in [-0.39, 0.29) is 79.2 Å². The van der Waals surface area contributed by atoms with Crippen molar-refractivity contribution in [3.63, 3.8) is 0 Å². The molecule has 4 aromatic rings. The van der Waals surface area contributed by atoms with E-state index < -0.39 is 35.4 Å². The zero-order chi connectivity index (χ0) is 50.4. The number of pyridine rings is 1. The van der Waals surface area contributed by atoms with Crippen LogP contribution in [0.1, 0.15) is 108 Å². The van der Waals surface area contributed by atoms with E-state index in [1.54, 1.807) is 17.5 Å². The number of carbonyl (C=O) groups excluding carboxylic acids is 4. The van der Waals surface area contributed by atoms with Crippen molar-refractivity contribution in [1.82, 2.24) is 35.7 Å². The Morgan fingerprint density at radius 3 is 2.21 bits per heavy atom. The smallest absolute Gasteiger partial charge is 0.253 e. The highest BCUT2D eigenvalue weighted by atomic mass is 35.5. The number of carbonyl (C=O) groups is 4. The Kier molecular flexibility index (Phi) is 14.8. The van der Waals surface area contributed by atoms with E-state index in [1.165, 1.54) is 4.90 Å². The average Bonchev–Trinajstić information content (AvgIpc) is 3.99. The first-order chi connectivity index (χ1) is 33.0. The van der Waals surface area contributed by atoms with Gasteiger partial charge in [0.1, 0.15) is 43.1 Å². The van der Waals surface area contributed by atoms with Crippen LogP contribution in [0.15, 0.2) is 66.3 Å². The number of aliphatic hydroxyl groups is 1. The van der Waals surface area contributed by atoms with E-state index in [2.05, 4.69) is 58.4 Å². The molecule has 2 aromatic heterocycles. The van der Waals surface area contributed by atoms with Gasteiger partial charge in [0.15, 0.2) is 0 Å². The summed E-state index contributed by atoms with van der Waals surface area (Å²) in [5, 5.41) is 20.6. The maximum Gasteiger partial charge on any atom is 0.253 e. The van der Waals surface area contributed by atoms with Gasteiger partial charge in [-0.3, -0.25) is 24.1 Å². The van der Waals surface area contributed by atoms with Gasteiger partial charge in [0.25, 0.3) is 5.91 Å². The zero-order valence-corrected chi connectivity index (χ0v) is 43.6. The molecule has 6 atom stereocenters. The summed E-state index contributed by atoms with van der Waals surface area (Å²) in [5.41, 5.74) is 4.82. The minimum Gasteiger partial charge on any atom is -0.489 e. The number of aryl methyl sites for hydroxylation is 2. The molecule has 4 fully saturated rings. The van der Waals surface area contributed by atoms with Crippen molar-refractivity contribution in [2.24, 2.45) is 16.2 Å². The van der Waals surface area contributed by atoms with Gasteiger partial charge < -0.3 is 40.3 Å². The Labute approximate surface area is 421 Å². The molecule has 1 saturated carbocycles. The number of ether oxygens (including phenoxy) is 2. The second kappa shape index (κ2) is 20.2. The van der Waals surface area contributed by atoms with Gasteiger partial charge in [-0.15, -0.1) is 11.3 Å². The number of nitrogens with one attached hydrogen (secondary N) is 3. The molecule has 4 aliphatic rings. The van der Waals surface area contributed by atoms with Gasteiger partial charge in [-0.2, -0.15) is 0 Å². The molecule has 3 aliphatic heterocycles. The van der Waals surface area contributed by atoms with Crippen LogP contribution in [-0.4, -0.2) is 124 Å². The molecule has 4 N–H and O–H groups in total. The molecular formula is C53H69ClN8O7S. The minimum atomic E-state index is -0.970. The summed E-state index contributed by atoms with van der Waals surface area (Å²) in [5.74, 6) is 0.0944. The highest BCUT2D eigenvalue weighted by molar-refractivity contribution is 7.13. The van der Waals surface area contributed by atoms with E-state index in [0.717, 1.165) is 59.0 Å². The van der Waals surface area contributed by atoms with Gasteiger partial charge in [0, 0.05) is 66.2 Å². The minimum absolute atomic E-state index is 0.0164. The van der Waals surface area contributed by atoms with Gasteiger partial charge in [-0.25, -0.2) is 9.97 Å².